The van der Waals surface area contributed by atoms with Crippen molar-refractivity contribution in [3.8, 4) is 0 Å². The molecule has 1 heterocycles. The van der Waals surface area contributed by atoms with Crippen LogP contribution in [0.4, 0.5) is 8.78 Å². The van der Waals surface area contributed by atoms with Gasteiger partial charge in [0.25, 0.3) is 0 Å². The van der Waals surface area contributed by atoms with Crippen LogP contribution in [0.25, 0.3) is 0 Å². The van der Waals surface area contributed by atoms with Crippen molar-refractivity contribution in [2.75, 3.05) is 19.6 Å². The molecule has 2 N–H and O–H groups in total. The molecule has 2 rings (SSSR count). The van der Waals surface area contributed by atoms with E-state index in [9.17, 15) is 13.6 Å². The summed E-state index contributed by atoms with van der Waals surface area (Å²) >= 11 is 0. The van der Waals surface area contributed by atoms with Gasteiger partial charge in [-0.2, -0.15) is 0 Å². The van der Waals surface area contributed by atoms with E-state index in [1.54, 1.807) is 0 Å². The van der Waals surface area contributed by atoms with E-state index in [0.717, 1.165) is 25.5 Å². The third-order valence-corrected chi connectivity index (χ3v) is 3.30. The van der Waals surface area contributed by atoms with Gasteiger partial charge in [-0.1, -0.05) is 0 Å². The summed E-state index contributed by atoms with van der Waals surface area (Å²) in [6, 6.07) is 3.42. The fraction of sp³-hybridized carbons (Fsp3) is 0.500. The number of benzene rings is 1. The second-order valence-corrected chi connectivity index (χ2v) is 4.86. The highest BCUT2D eigenvalue weighted by molar-refractivity contribution is 5.85. The zero-order valence-corrected chi connectivity index (χ0v) is 11.9. The van der Waals surface area contributed by atoms with E-state index in [4.69, 9.17) is 0 Å². The summed E-state index contributed by atoms with van der Waals surface area (Å²) in [5.41, 5.74) is 0.555. The van der Waals surface area contributed by atoms with E-state index < -0.39 is 11.6 Å². The Morgan fingerprint density at radius 1 is 1.30 bits per heavy atom. The maximum Gasteiger partial charge on any atom is 0.224 e. The minimum absolute atomic E-state index is 0. The van der Waals surface area contributed by atoms with Crippen LogP contribution in [0.1, 0.15) is 18.4 Å². The van der Waals surface area contributed by atoms with Crippen LogP contribution < -0.4 is 10.6 Å². The lowest BCUT2D eigenvalue weighted by Crippen LogP contribution is -2.41. The van der Waals surface area contributed by atoms with Gasteiger partial charge in [-0.25, -0.2) is 8.78 Å². The first kappa shape index (κ1) is 16.9. The molecular weight excluding hydrogens is 286 g/mol. The Morgan fingerprint density at radius 3 is 2.60 bits per heavy atom. The standard InChI is InChI=1S/C14H18F2N2O.ClH/c15-12-6-10(7-13(16)8-12)3-5-18-14(19)11-2-1-4-17-9-11;/h6-8,11,17H,1-5,9H2,(H,18,19);1H. The van der Waals surface area contributed by atoms with Crippen molar-refractivity contribution in [1.29, 1.82) is 0 Å². The quantitative estimate of drug-likeness (QED) is 0.894. The molecule has 20 heavy (non-hydrogen) atoms. The molecule has 1 amide bonds. The molecule has 0 radical (unpaired) electrons. The van der Waals surface area contributed by atoms with E-state index >= 15 is 0 Å². The number of carbonyl (C=O) groups is 1. The van der Waals surface area contributed by atoms with Gasteiger partial charge in [-0.05, 0) is 43.5 Å². The predicted octanol–water partition coefficient (Wildman–Crippen LogP) is 2.04. The third-order valence-electron chi connectivity index (χ3n) is 3.30. The Balaban J connectivity index is 0.00000200. The average molecular weight is 305 g/mol. The maximum absolute atomic E-state index is 13.0. The number of hydrogen-bond donors (Lipinski definition) is 2. The van der Waals surface area contributed by atoms with Crippen molar-refractivity contribution in [2.45, 2.75) is 19.3 Å². The molecule has 112 valence electrons. The number of halogens is 3. The molecular formula is C14H19ClF2N2O. The molecule has 0 saturated carbocycles. The molecule has 1 aromatic rings. The lowest BCUT2D eigenvalue weighted by molar-refractivity contribution is -0.125. The summed E-state index contributed by atoms with van der Waals surface area (Å²) in [4.78, 5) is 11.8. The topological polar surface area (TPSA) is 41.1 Å². The Hall–Kier alpha value is -1.20. The average Bonchev–Trinajstić information content (AvgIpc) is 2.38. The SMILES string of the molecule is Cl.O=C(NCCc1cc(F)cc(F)c1)C1CCCNC1. The second kappa shape index (κ2) is 8.17. The number of nitrogens with one attached hydrogen (secondary N) is 2. The third kappa shape index (κ3) is 5.06. The molecule has 3 nitrogen and oxygen atoms in total. The Bertz CT molecular complexity index is 431. The minimum atomic E-state index is -0.585. The molecule has 1 aliphatic heterocycles. The summed E-state index contributed by atoms with van der Waals surface area (Å²) < 4.78 is 25.9. The minimum Gasteiger partial charge on any atom is -0.355 e. The number of piperidine rings is 1. The van der Waals surface area contributed by atoms with Crippen LogP contribution in [0.5, 0.6) is 0 Å². The monoisotopic (exact) mass is 304 g/mol. The van der Waals surface area contributed by atoms with E-state index in [1.165, 1.54) is 12.1 Å². The summed E-state index contributed by atoms with van der Waals surface area (Å²) in [5, 5.41) is 5.99. The first-order valence-corrected chi connectivity index (χ1v) is 6.58. The Kier molecular flexibility index (Phi) is 6.88. The van der Waals surface area contributed by atoms with Crippen molar-refractivity contribution in [2.24, 2.45) is 5.92 Å². The Morgan fingerprint density at radius 2 is 2.00 bits per heavy atom. The summed E-state index contributed by atoms with van der Waals surface area (Å²) in [5.74, 6) is -1.14. The summed E-state index contributed by atoms with van der Waals surface area (Å²) in [7, 11) is 0. The largest absolute Gasteiger partial charge is 0.355 e. The van der Waals surface area contributed by atoms with E-state index in [-0.39, 0.29) is 24.2 Å². The fourth-order valence-electron chi connectivity index (χ4n) is 2.31. The van der Waals surface area contributed by atoms with Crippen molar-refractivity contribution >= 4 is 18.3 Å². The number of hydrogen-bond acceptors (Lipinski definition) is 2. The molecule has 0 aromatic heterocycles. The lowest BCUT2D eigenvalue weighted by atomic mass is 9.99. The van der Waals surface area contributed by atoms with Crippen LogP contribution in [0, 0.1) is 17.6 Å². The van der Waals surface area contributed by atoms with Crippen LogP contribution in [0.3, 0.4) is 0 Å². The van der Waals surface area contributed by atoms with Gasteiger partial charge in [0.15, 0.2) is 0 Å². The molecule has 1 fully saturated rings. The van der Waals surface area contributed by atoms with E-state index in [1.807, 2.05) is 0 Å². The zero-order valence-electron chi connectivity index (χ0n) is 11.1. The molecule has 1 unspecified atom stereocenters. The van der Waals surface area contributed by atoms with Gasteiger partial charge < -0.3 is 10.6 Å². The van der Waals surface area contributed by atoms with Gasteiger partial charge >= 0.3 is 0 Å². The van der Waals surface area contributed by atoms with Crippen LogP contribution in [0.2, 0.25) is 0 Å². The molecule has 0 bridgehead atoms. The summed E-state index contributed by atoms with van der Waals surface area (Å²) in [6.45, 7) is 2.07. The molecule has 1 saturated heterocycles. The van der Waals surface area contributed by atoms with Crippen molar-refractivity contribution in [3.05, 3.63) is 35.4 Å². The lowest BCUT2D eigenvalue weighted by Gasteiger charge is -2.21. The van der Waals surface area contributed by atoms with Crippen molar-refractivity contribution in [3.63, 3.8) is 0 Å². The van der Waals surface area contributed by atoms with Gasteiger partial charge in [0, 0.05) is 19.2 Å². The highest BCUT2D eigenvalue weighted by Crippen LogP contribution is 2.10. The van der Waals surface area contributed by atoms with Crippen LogP contribution >= 0.6 is 12.4 Å². The highest BCUT2D eigenvalue weighted by Gasteiger charge is 2.20. The van der Waals surface area contributed by atoms with Gasteiger partial charge in [0.2, 0.25) is 5.91 Å². The molecule has 1 atom stereocenters. The van der Waals surface area contributed by atoms with Gasteiger partial charge in [-0.3, -0.25) is 4.79 Å². The number of amides is 1. The summed E-state index contributed by atoms with van der Waals surface area (Å²) in [6.07, 6.45) is 2.33. The highest BCUT2D eigenvalue weighted by atomic mass is 35.5. The van der Waals surface area contributed by atoms with E-state index in [0.29, 0.717) is 25.1 Å². The van der Waals surface area contributed by atoms with Crippen LogP contribution in [-0.2, 0) is 11.2 Å². The molecule has 0 spiro atoms. The van der Waals surface area contributed by atoms with Crippen LogP contribution in [-0.4, -0.2) is 25.5 Å². The fourth-order valence-corrected chi connectivity index (χ4v) is 2.31. The second-order valence-electron chi connectivity index (χ2n) is 4.86. The number of rotatable bonds is 4. The molecule has 1 aromatic carbocycles. The first-order chi connectivity index (χ1) is 9.15. The van der Waals surface area contributed by atoms with E-state index in [2.05, 4.69) is 10.6 Å². The van der Waals surface area contributed by atoms with Crippen molar-refractivity contribution < 1.29 is 13.6 Å². The van der Waals surface area contributed by atoms with Gasteiger partial charge in [-0.15, -0.1) is 12.4 Å². The van der Waals surface area contributed by atoms with Crippen LogP contribution in [0.15, 0.2) is 18.2 Å². The molecule has 0 aliphatic carbocycles. The van der Waals surface area contributed by atoms with Crippen molar-refractivity contribution in [1.82, 2.24) is 10.6 Å². The molecule has 6 heteroatoms. The van der Waals surface area contributed by atoms with Gasteiger partial charge in [0.05, 0.1) is 5.92 Å². The number of carbonyl (C=O) groups excluding carboxylic acids is 1. The zero-order chi connectivity index (χ0) is 13.7. The predicted molar refractivity (Wildman–Crippen MR) is 75.9 cm³/mol. The van der Waals surface area contributed by atoms with Gasteiger partial charge in [0.1, 0.15) is 11.6 Å². The first-order valence-electron chi connectivity index (χ1n) is 6.58. The normalized spacial score (nSPS) is 18.2. The maximum atomic E-state index is 13.0. The smallest absolute Gasteiger partial charge is 0.224 e. The Labute approximate surface area is 123 Å². The molecule has 1 aliphatic rings.